The second-order valence-corrected chi connectivity index (χ2v) is 6.71. The largest absolute Gasteiger partial charge is 0.481 e. The topological polar surface area (TPSA) is 237 Å². The molecule has 176 valence electrons. The molecule has 0 aliphatic rings. The van der Waals surface area contributed by atoms with Crippen molar-refractivity contribution in [2.24, 2.45) is 11.7 Å². The molecule has 9 N–H and O–H groups in total. The van der Waals surface area contributed by atoms with Gasteiger partial charge in [-0.2, -0.15) is 0 Å². The first-order valence-corrected chi connectivity index (χ1v) is 9.38. The van der Waals surface area contributed by atoms with Crippen LogP contribution in [0.2, 0.25) is 0 Å². The van der Waals surface area contributed by atoms with Crippen LogP contribution in [0.25, 0.3) is 0 Å². The average molecular weight is 447 g/mol. The number of carbonyl (C=O) groups excluding carboxylic acids is 4. The Balaban J connectivity index is 4.56. The van der Waals surface area contributed by atoms with Crippen molar-refractivity contribution in [1.82, 2.24) is 21.3 Å². The fraction of sp³-hybridized carbons (Fsp3) is 0.647. The summed E-state index contributed by atoms with van der Waals surface area (Å²) < 4.78 is 0. The van der Waals surface area contributed by atoms with Gasteiger partial charge in [0.2, 0.25) is 23.6 Å². The van der Waals surface area contributed by atoms with Gasteiger partial charge in [-0.05, 0) is 5.92 Å². The predicted molar refractivity (Wildman–Crippen MR) is 104 cm³/mol. The monoisotopic (exact) mass is 447 g/mol. The van der Waals surface area contributed by atoms with Gasteiger partial charge in [0, 0.05) is 0 Å². The van der Waals surface area contributed by atoms with Crippen molar-refractivity contribution in [3.63, 3.8) is 0 Å². The molecule has 14 nitrogen and oxygen atoms in total. The number of carboxylic acid groups (broad SMARTS) is 2. The van der Waals surface area contributed by atoms with E-state index in [-0.39, 0.29) is 5.92 Å². The summed E-state index contributed by atoms with van der Waals surface area (Å²) in [6.07, 6.45) is -0.142. The number of carbonyl (C=O) groups is 6. The minimum absolute atomic E-state index is 0.347. The van der Waals surface area contributed by atoms with Crippen LogP contribution in [0.4, 0.5) is 0 Å². The fourth-order valence-corrected chi connectivity index (χ4v) is 2.22. The number of aliphatic carboxylic acids is 2. The summed E-state index contributed by atoms with van der Waals surface area (Å²) in [4.78, 5) is 69.0. The van der Waals surface area contributed by atoms with Crippen molar-refractivity contribution in [2.75, 3.05) is 19.7 Å². The highest BCUT2D eigenvalue weighted by atomic mass is 16.4. The highest BCUT2D eigenvalue weighted by Crippen LogP contribution is 2.07. The summed E-state index contributed by atoms with van der Waals surface area (Å²) in [6.45, 7) is 1.35. The first-order chi connectivity index (χ1) is 14.4. The Hall–Kier alpha value is -3.26. The van der Waals surface area contributed by atoms with Crippen molar-refractivity contribution in [3.8, 4) is 0 Å². The third-order valence-electron chi connectivity index (χ3n) is 4.21. The van der Waals surface area contributed by atoms with Gasteiger partial charge >= 0.3 is 11.9 Å². The maximum atomic E-state index is 12.0. The van der Waals surface area contributed by atoms with Crippen molar-refractivity contribution < 1.29 is 44.1 Å². The van der Waals surface area contributed by atoms with E-state index >= 15 is 0 Å². The van der Waals surface area contributed by atoms with Crippen LogP contribution in [0, 0.1) is 5.92 Å². The van der Waals surface area contributed by atoms with Gasteiger partial charge in [-0.15, -0.1) is 0 Å². The third kappa shape index (κ3) is 10.9. The zero-order valence-corrected chi connectivity index (χ0v) is 17.2. The number of nitrogens with one attached hydrogen (secondary N) is 4. The molecule has 0 rings (SSSR count). The van der Waals surface area contributed by atoms with Crippen molar-refractivity contribution >= 4 is 35.6 Å². The highest BCUT2D eigenvalue weighted by molar-refractivity contribution is 5.93. The van der Waals surface area contributed by atoms with Crippen LogP contribution in [0.1, 0.15) is 26.7 Å². The van der Waals surface area contributed by atoms with E-state index in [4.69, 9.17) is 15.9 Å². The maximum absolute atomic E-state index is 12.0. The van der Waals surface area contributed by atoms with Crippen LogP contribution in [0.5, 0.6) is 0 Å². The summed E-state index contributed by atoms with van der Waals surface area (Å²) in [5.41, 5.74) is 5.33. The molecule has 0 radical (unpaired) electrons. The van der Waals surface area contributed by atoms with E-state index in [1.807, 2.05) is 0 Å². The molecule has 14 heteroatoms. The van der Waals surface area contributed by atoms with Crippen molar-refractivity contribution in [3.05, 3.63) is 0 Å². The van der Waals surface area contributed by atoms with Gasteiger partial charge in [0.1, 0.15) is 12.1 Å². The van der Waals surface area contributed by atoms with Crippen LogP contribution < -0.4 is 27.0 Å². The molecule has 31 heavy (non-hydrogen) atoms. The van der Waals surface area contributed by atoms with Crippen LogP contribution in [0.15, 0.2) is 0 Å². The Labute approximate surface area is 177 Å². The van der Waals surface area contributed by atoms with E-state index in [9.17, 15) is 33.9 Å². The number of hydrogen-bond acceptors (Lipinski definition) is 8. The lowest BCUT2D eigenvalue weighted by Crippen LogP contribution is -2.54. The predicted octanol–water partition coefficient (Wildman–Crippen LogP) is -3.89. The number of amides is 4. The lowest BCUT2D eigenvalue weighted by Gasteiger charge is -2.21. The molecular weight excluding hydrogens is 418 g/mol. The highest BCUT2D eigenvalue weighted by Gasteiger charge is 2.26. The molecule has 0 aromatic rings. The molecule has 0 saturated carbocycles. The zero-order valence-electron chi connectivity index (χ0n) is 17.2. The second-order valence-electron chi connectivity index (χ2n) is 6.71. The maximum Gasteiger partial charge on any atom is 0.326 e. The minimum atomic E-state index is -1.45. The Bertz CT molecular complexity index is 685. The molecule has 0 saturated heterocycles. The van der Waals surface area contributed by atoms with Gasteiger partial charge in [0.25, 0.3) is 0 Å². The van der Waals surface area contributed by atoms with Gasteiger partial charge < -0.3 is 42.3 Å². The standard InChI is InChI=1S/C17H29N5O9/c1-3-8(2)14(17(30)31)22-12(25)6-20-16(29)10(7-23)21-11(24)5-19-15(28)9(18)4-13(26)27/h8-10,14,23H,3-7,18H2,1-2H3,(H,19,28)(H,20,29)(H,21,24)(H,22,25)(H,26,27)(H,30,31)/t8-,9-,10-,14-/m0/s1. The van der Waals surface area contributed by atoms with E-state index < -0.39 is 79.8 Å². The molecule has 0 unspecified atom stereocenters. The van der Waals surface area contributed by atoms with Crippen molar-refractivity contribution in [1.29, 1.82) is 0 Å². The minimum Gasteiger partial charge on any atom is -0.481 e. The molecule has 0 aromatic carbocycles. The summed E-state index contributed by atoms with van der Waals surface area (Å²) >= 11 is 0. The molecule has 0 aliphatic heterocycles. The van der Waals surface area contributed by atoms with Gasteiger partial charge in [-0.1, -0.05) is 20.3 Å². The Morgan fingerprint density at radius 2 is 1.42 bits per heavy atom. The fourth-order valence-electron chi connectivity index (χ4n) is 2.22. The van der Waals surface area contributed by atoms with E-state index in [1.54, 1.807) is 13.8 Å². The number of rotatable bonds is 14. The number of nitrogens with two attached hydrogens (primary N) is 1. The lowest BCUT2D eigenvalue weighted by molar-refractivity contribution is -0.143. The second kappa shape index (κ2) is 13.9. The third-order valence-corrected chi connectivity index (χ3v) is 4.21. The summed E-state index contributed by atoms with van der Waals surface area (Å²) in [6, 6.07) is -3.96. The molecule has 0 bridgehead atoms. The number of carboxylic acids is 2. The molecule has 0 spiro atoms. The molecule has 4 atom stereocenters. The van der Waals surface area contributed by atoms with Crippen LogP contribution in [-0.4, -0.2) is 88.7 Å². The van der Waals surface area contributed by atoms with Gasteiger partial charge in [-0.25, -0.2) is 4.79 Å². The van der Waals surface area contributed by atoms with Gasteiger partial charge in [-0.3, -0.25) is 24.0 Å². The Morgan fingerprint density at radius 1 is 0.903 bits per heavy atom. The number of aliphatic hydroxyl groups excluding tert-OH is 1. The van der Waals surface area contributed by atoms with Gasteiger partial charge in [0.05, 0.1) is 32.2 Å². The Kier molecular flexibility index (Phi) is 12.4. The first-order valence-electron chi connectivity index (χ1n) is 9.38. The smallest absolute Gasteiger partial charge is 0.326 e. The zero-order chi connectivity index (χ0) is 24.1. The first kappa shape index (κ1) is 27.7. The lowest BCUT2D eigenvalue weighted by atomic mass is 9.99. The van der Waals surface area contributed by atoms with E-state index in [2.05, 4.69) is 21.3 Å². The molecule has 0 fully saturated rings. The molecular formula is C17H29N5O9. The SMILES string of the molecule is CC[C@H](C)[C@H](NC(=O)CNC(=O)[C@H](CO)NC(=O)CNC(=O)[C@@H](N)CC(=O)O)C(=O)O. The number of hydrogen-bond donors (Lipinski definition) is 8. The van der Waals surface area contributed by atoms with Crippen LogP contribution in [-0.2, 0) is 28.8 Å². The van der Waals surface area contributed by atoms with Gasteiger partial charge in [0.15, 0.2) is 0 Å². The van der Waals surface area contributed by atoms with Crippen LogP contribution >= 0.6 is 0 Å². The van der Waals surface area contributed by atoms with E-state index in [0.717, 1.165) is 0 Å². The van der Waals surface area contributed by atoms with Crippen molar-refractivity contribution in [2.45, 2.75) is 44.8 Å². The molecule has 4 amide bonds. The van der Waals surface area contributed by atoms with E-state index in [0.29, 0.717) is 6.42 Å². The average Bonchev–Trinajstić information content (AvgIpc) is 2.70. The molecule has 0 aromatic heterocycles. The summed E-state index contributed by atoms with van der Waals surface area (Å²) in [5, 5.41) is 35.6. The Morgan fingerprint density at radius 3 is 1.87 bits per heavy atom. The number of aliphatic hydroxyl groups is 1. The molecule has 0 heterocycles. The normalized spacial score (nSPS) is 14.3. The van der Waals surface area contributed by atoms with E-state index in [1.165, 1.54) is 0 Å². The van der Waals surface area contributed by atoms with Crippen LogP contribution in [0.3, 0.4) is 0 Å². The molecule has 0 aliphatic carbocycles. The quantitative estimate of drug-likeness (QED) is 0.129. The summed E-state index contributed by atoms with van der Waals surface area (Å²) in [5.74, 6) is -6.34. The summed E-state index contributed by atoms with van der Waals surface area (Å²) in [7, 11) is 0.